The summed E-state index contributed by atoms with van der Waals surface area (Å²) in [6.45, 7) is 3.00. The number of hydrogen-bond acceptors (Lipinski definition) is 6. The van der Waals surface area contributed by atoms with Crippen LogP contribution in [-0.2, 0) is 0 Å². The first-order chi connectivity index (χ1) is 10.0. The van der Waals surface area contributed by atoms with E-state index < -0.39 is 0 Å². The molecule has 5 nitrogen and oxygen atoms in total. The van der Waals surface area contributed by atoms with E-state index in [2.05, 4.69) is 10.3 Å². The number of aromatic nitrogens is 1. The third kappa shape index (κ3) is 2.57. The molecule has 2 aromatic heterocycles. The normalized spacial score (nSPS) is 10.8. The van der Waals surface area contributed by atoms with Crippen LogP contribution in [-0.4, -0.2) is 10.8 Å². The number of ketones is 1. The molecule has 1 N–H and O–H groups in total. The van der Waals surface area contributed by atoms with Gasteiger partial charge in [-0.05, 0) is 26.0 Å². The molecule has 0 amide bonds. The Kier molecular flexibility index (Phi) is 3.31. The van der Waals surface area contributed by atoms with Crippen molar-refractivity contribution in [2.75, 3.05) is 5.32 Å². The average molecular weight is 300 g/mol. The first-order valence-electron chi connectivity index (χ1n) is 6.33. The van der Waals surface area contributed by atoms with Gasteiger partial charge < -0.3 is 9.73 Å². The van der Waals surface area contributed by atoms with E-state index in [-0.39, 0.29) is 22.7 Å². The molecule has 0 aliphatic carbocycles. The van der Waals surface area contributed by atoms with Crippen LogP contribution in [0.15, 0.2) is 39.5 Å². The van der Waals surface area contributed by atoms with Crippen LogP contribution in [0, 0.1) is 6.92 Å². The van der Waals surface area contributed by atoms with Crippen molar-refractivity contribution in [2.24, 2.45) is 0 Å². The third-order valence-electron chi connectivity index (χ3n) is 2.94. The van der Waals surface area contributed by atoms with Gasteiger partial charge in [0.15, 0.2) is 16.3 Å². The summed E-state index contributed by atoms with van der Waals surface area (Å²) in [4.78, 5) is 28.0. The fraction of sp³-hybridized carbons (Fsp3) is 0.133. The van der Waals surface area contributed by atoms with Gasteiger partial charge in [-0.15, -0.1) is 0 Å². The number of para-hydroxylation sites is 1. The predicted octanol–water partition coefficient (Wildman–Crippen LogP) is 3.50. The van der Waals surface area contributed by atoms with Crippen LogP contribution in [0.3, 0.4) is 0 Å². The molecule has 0 radical (unpaired) electrons. The van der Waals surface area contributed by atoms with E-state index in [1.54, 1.807) is 6.92 Å². The maximum Gasteiger partial charge on any atom is 0.214 e. The molecule has 0 fully saturated rings. The van der Waals surface area contributed by atoms with Gasteiger partial charge in [-0.25, -0.2) is 4.98 Å². The largest absolute Gasteiger partial charge is 0.445 e. The minimum atomic E-state index is -0.352. The summed E-state index contributed by atoms with van der Waals surface area (Å²) >= 11 is 1.43. The van der Waals surface area contributed by atoms with Gasteiger partial charge >= 0.3 is 0 Å². The van der Waals surface area contributed by atoms with E-state index in [1.807, 2.05) is 24.3 Å². The summed E-state index contributed by atoms with van der Waals surface area (Å²) in [6.07, 6.45) is 0. The molecular weight excluding hydrogens is 288 g/mol. The Hall–Kier alpha value is -2.47. The molecule has 6 heteroatoms. The maximum atomic E-state index is 11.9. The third-order valence-corrected chi connectivity index (χ3v) is 3.89. The van der Waals surface area contributed by atoms with Crippen LogP contribution in [0.5, 0.6) is 0 Å². The molecule has 0 saturated heterocycles. The number of hydrogen-bond donors (Lipinski definition) is 1. The number of thiazole rings is 1. The lowest BCUT2D eigenvalue weighted by Gasteiger charge is -2.06. The van der Waals surface area contributed by atoms with Gasteiger partial charge in [0.1, 0.15) is 11.3 Å². The molecule has 2 heterocycles. The zero-order valence-electron chi connectivity index (χ0n) is 11.5. The second-order valence-electron chi connectivity index (χ2n) is 4.59. The minimum Gasteiger partial charge on any atom is -0.445 e. The highest BCUT2D eigenvalue weighted by Gasteiger charge is 2.17. The Balaban J connectivity index is 2.08. The van der Waals surface area contributed by atoms with Crippen molar-refractivity contribution in [3.63, 3.8) is 0 Å². The lowest BCUT2D eigenvalue weighted by atomic mass is 10.2. The van der Waals surface area contributed by atoms with Crippen LogP contribution in [0.1, 0.15) is 23.0 Å². The zero-order valence-corrected chi connectivity index (χ0v) is 12.3. The van der Waals surface area contributed by atoms with Crippen molar-refractivity contribution in [3.05, 3.63) is 51.9 Å². The van der Waals surface area contributed by atoms with Gasteiger partial charge in [-0.1, -0.05) is 23.5 Å². The molecule has 1 aromatic carbocycles. The van der Waals surface area contributed by atoms with Crippen molar-refractivity contribution in [1.29, 1.82) is 0 Å². The summed E-state index contributed by atoms with van der Waals surface area (Å²) in [5, 5.41) is 3.52. The number of carbonyl (C=O) groups excluding carboxylic acids is 1. The maximum absolute atomic E-state index is 11.9. The first-order valence-corrected chi connectivity index (χ1v) is 7.14. The second-order valence-corrected chi connectivity index (χ2v) is 5.62. The Morgan fingerprint density at radius 2 is 2.10 bits per heavy atom. The fourth-order valence-corrected chi connectivity index (χ4v) is 2.92. The van der Waals surface area contributed by atoms with Crippen LogP contribution in [0.25, 0.3) is 10.2 Å². The summed E-state index contributed by atoms with van der Waals surface area (Å²) < 4.78 is 6.50. The number of aryl methyl sites for hydroxylation is 1. The van der Waals surface area contributed by atoms with Gasteiger partial charge in [0.2, 0.25) is 5.88 Å². The number of nitrogens with zero attached hydrogens (tertiary/aromatic N) is 1. The SMILES string of the molecule is CC(=O)c1c(Nc2nc3ccccc3s2)oc(C)cc1=O. The number of carbonyl (C=O) groups is 1. The van der Waals surface area contributed by atoms with Gasteiger partial charge in [0.25, 0.3) is 0 Å². The second kappa shape index (κ2) is 5.14. The van der Waals surface area contributed by atoms with Crippen LogP contribution >= 0.6 is 11.3 Å². The van der Waals surface area contributed by atoms with Crippen molar-refractivity contribution < 1.29 is 9.21 Å². The standard InChI is InChI=1S/C15H12N2O3S/c1-8-7-11(19)13(9(2)18)14(20-8)17-15-16-10-5-3-4-6-12(10)21-15/h3-7H,1-2H3,(H,16,17). The average Bonchev–Trinajstić information content (AvgIpc) is 2.79. The first kappa shape index (κ1) is 13.5. The molecule has 3 aromatic rings. The van der Waals surface area contributed by atoms with Gasteiger partial charge in [0.05, 0.1) is 10.2 Å². The van der Waals surface area contributed by atoms with E-state index >= 15 is 0 Å². The number of nitrogens with one attached hydrogen (secondary N) is 1. The Morgan fingerprint density at radius 3 is 2.81 bits per heavy atom. The van der Waals surface area contributed by atoms with Crippen molar-refractivity contribution >= 4 is 38.4 Å². The molecule has 21 heavy (non-hydrogen) atoms. The summed E-state index contributed by atoms with van der Waals surface area (Å²) in [5.74, 6) is 0.243. The van der Waals surface area contributed by atoms with E-state index in [1.165, 1.54) is 24.3 Å². The predicted molar refractivity (Wildman–Crippen MR) is 82.6 cm³/mol. The molecule has 0 unspecified atom stereocenters. The van der Waals surface area contributed by atoms with Gasteiger partial charge in [-0.3, -0.25) is 9.59 Å². The van der Waals surface area contributed by atoms with Gasteiger partial charge in [-0.2, -0.15) is 0 Å². The van der Waals surface area contributed by atoms with Gasteiger partial charge in [0, 0.05) is 6.07 Å². The number of fused-ring (bicyclic) bond motifs is 1. The molecule has 0 aliphatic rings. The number of Topliss-reactive ketones (excluding diaryl/α,β-unsaturated/α-hetero) is 1. The molecule has 0 bridgehead atoms. The number of rotatable bonds is 3. The summed E-state index contributed by atoms with van der Waals surface area (Å²) in [7, 11) is 0. The summed E-state index contributed by atoms with van der Waals surface area (Å²) in [6, 6.07) is 8.99. The monoisotopic (exact) mass is 300 g/mol. The molecular formula is C15H12N2O3S. The van der Waals surface area contributed by atoms with Crippen LogP contribution in [0.2, 0.25) is 0 Å². The van der Waals surface area contributed by atoms with E-state index in [4.69, 9.17) is 4.42 Å². The fourth-order valence-electron chi connectivity index (χ4n) is 2.05. The van der Waals surface area contributed by atoms with Crippen molar-refractivity contribution in [1.82, 2.24) is 4.98 Å². The molecule has 3 rings (SSSR count). The summed E-state index contributed by atoms with van der Waals surface area (Å²) in [5.41, 5.74) is 0.513. The molecule has 0 aliphatic heterocycles. The lowest BCUT2D eigenvalue weighted by Crippen LogP contribution is -2.15. The Bertz CT molecular complexity index is 862. The highest BCUT2D eigenvalue weighted by atomic mass is 32.1. The smallest absolute Gasteiger partial charge is 0.214 e. The van der Waals surface area contributed by atoms with Crippen molar-refractivity contribution in [3.8, 4) is 0 Å². The van der Waals surface area contributed by atoms with E-state index in [0.717, 1.165) is 10.2 Å². The highest BCUT2D eigenvalue weighted by molar-refractivity contribution is 7.22. The highest BCUT2D eigenvalue weighted by Crippen LogP contribution is 2.29. The van der Waals surface area contributed by atoms with E-state index in [0.29, 0.717) is 10.9 Å². The molecule has 0 spiro atoms. The Labute approximate surface area is 124 Å². The molecule has 106 valence electrons. The quantitative estimate of drug-likeness (QED) is 0.749. The lowest BCUT2D eigenvalue weighted by molar-refractivity contribution is 0.101. The number of benzene rings is 1. The van der Waals surface area contributed by atoms with Crippen LogP contribution < -0.4 is 10.7 Å². The zero-order chi connectivity index (χ0) is 15.0. The Morgan fingerprint density at radius 1 is 1.33 bits per heavy atom. The topological polar surface area (TPSA) is 72.2 Å². The molecule has 0 saturated carbocycles. The molecule has 0 atom stereocenters. The minimum absolute atomic E-state index is 0.0138. The van der Waals surface area contributed by atoms with Crippen LogP contribution in [0.4, 0.5) is 11.0 Å². The van der Waals surface area contributed by atoms with E-state index in [9.17, 15) is 9.59 Å². The number of anilines is 2. The van der Waals surface area contributed by atoms with Crippen molar-refractivity contribution in [2.45, 2.75) is 13.8 Å².